The lowest BCUT2D eigenvalue weighted by atomic mass is 10.1. The number of thiophene rings is 1. The molecule has 0 amide bonds. The van der Waals surface area contributed by atoms with Crippen molar-refractivity contribution in [3.63, 3.8) is 0 Å². The molecule has 0 bridgehead atoms. The first-order chi connectivity index (χ1) is 10.1. The molecule has 0 saturated carbocycles. The Balaban J connectivity index is 1.86. The van der Waals surface area contributed by atoms with Gasteiger partial charge in [0.1, 0.15) is 10.7 Å². The number of hydrogen-bond acceptors (Lipinski definition) is 4. The van der Waals surface area contributed by atoms with E-state index in [4.69, 9.17) is 5.11 Å². The van der Waals surface area contributed by atoms with Gasteiger partial charge in [-0.2, -0.15) is 0 Å². The second-order valence-corrected chi connectivity index (χ2v) is 6.34. The lowest BCUT2D eigenvalue weighted by Crippen LogP contribution is -1.90. The van der Waals surface area contributed by atoms with Crippen LogP contribution in [-0.4, -0.2) is 16.1 Å². The average molecular weight is 319 g/mol. The number of benzene rings is 1. The van der Waals surface area contributed by atoms with Gasteiger partial charge in [-0.05, 0) is 29.8 Å². The molecule has 0 spiro atoms. The van der Waals surface area contributed by atoms with E-state index in [2.05, 4.69) is 4.98 Å². The molecule has 6 heteroatoms. The summed E-state index contributed by atoms with van der Waals surface area (Å²) in [6.45, 7) is 0. The van der Waals surface area contributed by atoms with Crippen molar-refractivity contribution < 1.29 is 14.3 Å². The highest BCUT2D eigenvalue weighted by Gasteiger charge is 2.09. The zero-order valence-electron chi connectivity index (χ0n) is 10.7. The van der Waals surface area contributed by atoms with E-state index in [1.54, 1.807) is 23.7 Å². The number of nitrogens with zero attached hydrogens (tertiary/aromatic N) is 1. The number of aromatic carboxylic acids is 1. The van der Waals surface area contributed by atoms with Crippen LogP contribution in [0.4, 0.5) is 4.39 Å². The van der Waals surface area contributed by atoms with Gasteiger partial charge in [-0.25, -0.2) is 9.18 Å². The van der Waals surface area contributed by atoms with Crippen LogP contribution in [0.5, 0.6) is 0 Å². The number of fused-ring (bicyclic) bond motifs is 1. The minimum absolute atomic E-state index is 0.289. The van der Waals surface area contributed by atoms with Crippen LogP contribution < -0.4 is 0 Å². The van der Waals surface area contributed by atoms with Crippen molar-refractivity contribution in [2.45, 2.75) is 10.6 Å². The summed E-state index contributed by atoms with van der Waals surface area (Å²) in [6.07, 6.45) is 1.68. The number of aromatic nitrogens is 1. The Bertz CT molecular complexity index is 816. The topological polar surface area (TPSA) is 50.2 Å². The third-order valence-corrected chi connectivity index (χ3v) is 5.02. The third-order valence-electron chi connectivity index (χ3n) is 2.93. The number of carboxylic acids is 1. The Morgan fingerprint density at radius 1 is 1.38 bits per heavy atom. The monoisotopic (exact) mass is 319 g/mol. The SMILES string of the molecule is O=C(O)c1cc(SCc2cc(F)cc3cccnc23)cs1. The highest BCUT2D eigenvalue weighted by Crippen LogP contribution is 2.30. The standard InChI is InChI=1S/C15H10FNO2S2/c16-11-4-9-2-1-3-17-14(9)10(5-11)7-20-12-6-13(15(18)19)21-8-12/h1-6,8H,7H2,(H,18,19). The molecule has 0 aliphatic rings. The van der Waals surface area contributed by atoms with Crippen LogP contribution >= 0.6 is 23.1 Å². The fraction of sp³-hybridized carbons (Fsp3) is 0.0667. The van der Waals surface area contributed by atoms with Crippen molar-refractivity contribution >= 4 is 40.0 Å². The molecule has 1 aromatic carbocycles. The summed E-state index contributed by atoms with van der Waals surface area (Å²) in [6, 6.07) is 8.17. The molecule has 0 fully saturated rings. The number of halogens is 1. The Morgan fingerprint density at radius 3 is 3.00 bits per heavy atom. The predicted octanol–water partition coefficient (Wildman–Crippen LogP) is 4.43. The van der Waals surface area contributed by atoms with Gasteiger partial charge >= 0.3 is 5.97 Å². The summed E-state index contributed by atoms with van der Waals surface area (Å²) in [7, 11) is 0. The van der Waals surface area contributed by atoms with Gasteiger partial charge in [0.05, 0.1) is 5.52 Å². The van der Waals surface area contributed by atoms with E-state index < -0.39 is 5.97 Å². The highest BCUT2D eigenvalue weighted by atomic mass is 32.2. The van der Waals surface area contributed by atoms with Crippen molar-refractivity contribution in [3.05, 3.63) is 58.2 Å². The number of pyridine rings is 1. The molecule has 2 aromatic heterocycles. The molecule has 1 N–H and O–H groups in total. The molecular formula is C15H10FNO2S2. The number of carbonyl (C=O) groups is 1. The predicted molar refractivity (Wildman–Crippen MR) is 82.5 cm³/mol. The molecule has 0 aliphatic heterocycles. The number of rotatable bonds is 4. The van der Waals surface area contributed by atoms with E-state index in [9.17, 15) is 9.18 Å². The zero-order valence-corrected chi connectivity index (χ0v) is 12.4. The fourth-order valence-electron chi connectivity index (χ4n) is 2.01. The molecule has 106 valence electrons. The molecule has 3 rings (SSSR count). The van der Waals surface area contributed by atoms with Crippen molar-refractivity contribution in [3.8, 4) is 0 Å². The molecule has 0 saturated heterocycles. The van der Waals surface area contributed by atoms with E-state index in [0.29, 0.717) is 10.6 Å². The number of carboxylic acid groups (broad SMARTS) is 1. The maximum atomic E-state index is 13.6. The first kappa shape index (κ1) is 14.0. The smallest absolute Gasteiger partial charge is 0.345 e. The van der Waals surface area contributed by atoms with Gasteiger partial charge in [0.15, 0.2) is 0 Å². The van der Waals surface area contributed by atoms with E-state index in [0.717, 1.165) is 21.4 Å². The van der Waals surface area contributed by atoms with E-state index in [1.807, 2.05) is 6.07 Å². The highest BCUT2D eigenvalue weighted by molar-refractivity contribution is 7.98. The summed E-state index contributed by atoms with van der Waals surface area (Å²) >= 11 is 2.67. The summed E-state index contributed by atoms with van der Waals surface area (Å²) in [4.78, 5) is 16.3. The van der Waals surface area contributed by atoms with Gasteiger partial charge < -0.3 is 5.11 Å². The van der Waals surface area contributed by atoms with Gasteiger partial charge in [-0.1, -0.05) is 6.07 Å². The molecule has 2 heterocycles. The van der Waals surface area contributed by atoms with E-state index in [-0.39, 0.29) is 5.82 Å². The van der Waals surface area contributed by atoms with Crippen LogP contribution in [0.25, 0.3) is 10.9 Å². The Hall–Kier alpha value is -1.92. The molecule has 0 unspecified atom stereocenters. The summed E-state index contributed by atoms with van der Waals surface area (Å²) < 4.78 is 13.6. The zero-order chi connectivity index (χ0) is 14.8. The van der Waals surface area contributed by atoms with Crippen LogP contribution in [0.2, 0.25) is 0 Å². The molecule has 0 atom stereocenters. The molecule has 21 heavy (non-hydrogen) atoms. The van der Waals surface area contributed by atoms with Gasteiger partial charge in [-0.15, -0.1) is 23.1 Å². The maximum absolute atomic E-state index is 13.6. The van der Waals surface area contributed by atoms with Gasteiger partial charge in [-0.3, -0.25) is 4.98 Å². The molecule has 3 aromatic rings. The summed E-state index contributed by atoms with van der Waals surface area (Å²) in [5, 5.41) is 11.5. The van der Waals surface area contributed by atoms with Crippen molar-refractivity contribution in [1.82, 2.24) is 4.98 Å². The minimum Gasteiger partial charge on any atom is -0.477 e. The number of hydrogen-bond donors (Lipinski definition) is 1. The Kier molecular flexibility index (Phi) is 3.90. The van der Waals surface area contributed by atoms with Crippen LogP contribution in [0.3, 0.4) is 0 Å². The molecule has 0 radical (unpaired) electrons. The first-order valence-electron chi connectivity index (χ1n) is 6.11. The molecule has 0 aliphatic carbocycles. The second kappa shape index (κ2) is 5.83. The Labute approximate surface area is 128 Å². The summed E-state index contributed by atoms with van der Waals surface area (Å²) in [5.74, 6) is -0.673. The minimum atomic E-state index is -0.926. The largest absolute Gasteiger partial charge is 0.477 e. The van der Waals surface area contributed by atoms with Crippen LogP contribution in [0.15, 0.2) is 46.8 Å². The normalized spacial score (nSPS) is 10.9. The van der Waals surface area contributed by atoms with Crippen LogP contribution in [0.1, 0.15) is 15.2 Å². The van der Waals surface area contributed by atoms with Gasteiger partial charge in [0.2, 0.25) is 0 Å². The Morgan fingerprint density at radius 2 is 2.24 bits per heavy atom. The third kappa shape index (κ3) is 3.06. The lowest BCUT2D eigenvalue weighted by molar-refractivity contribution is 0.0702. The quantitative estimate of drug-likeness (QED) is 0.723. The van der Waals surface area contributed by atoms with E-state index in [1.165, 1.54) is 35.2 Å². The van der Waals surface area contributed by atoms with Crippen molar-refractivity contribution in [2.24, 2.45) is 0 Å². The fourth-order valence-corrected chi connectivity index (χ4v) is 3.85. The van der Waals surface area contributed by atoms with Crippen LogP contribution in [-0.2, 0) is 5.75 Å². The molecule has 3 nitrogen and oxygen atoms in total. The van der Waals surface area contributed by atoms with Gasteiger partial charge in [0, 0.05) is 27.6 Å². The van der Waals surface area contributed by atoms with E-state index >= 15 is 0 Å². The van der Waals surface area contributed by atoms with Crippen molar-refractivity contribution in [2.75, 3.05) is 0 Å². The van der Waals surface area contributed by atoms with Crippen LogP contribution in [0, 0.1) is 5.82 Å². The first-order valence-corrected chi connectivity index (χ1v) is 7.98. The maximum Gasteiger partial charge on any atom is 0.345 e. The second-order valence-electron chi connectivity index (χ2n) is 4.38. The molecular weight excluding hydrogens is 309 g/mol. The lowest BCUT2D eigenvalue weighted by Gasteiger charge is -2.05. The van der Waals surface area contributed by atoms with Crippen molar-refractivity contribution in [1.29, 1.82) is 0 Å². The number of thioether (sulfide) groups is 1. The van der Waals surface area contributed by atoms with Gasteiger partial charge in [0.25, 0.3) is 0 Å². The average Bonchev–Trinajstić information content (AvgIpc) is 2.93. The summed E-state index contributed by atoms with van der Waals surface area (Å²) in [5.41, 5.74) is 1.58.